The first-order valence-corrected chi connectivity index (χ1v) is 24.6. The summed E-state index contributed by atoms with van der Waals surface area (Å²) in [5.41, 5.74) is 3.77. The molecule has 0 aliphatic heterocycles. The van der Waals surface area contributed by atoms with Crippen LogP contribution in [0, 0.1) is 58.2 Å². The third kappa shape index (κ3) is 7.55. The predicted octanol–water partition coefficient (Wildman–Crippen LogP) is 12.7. The molecule has 2 unspecified atom stereocenters. The highest BCUT2D eigenvalue weighted by molar-refractivity contribution is 7.86. The van der Waals surface area contributed by atoms with Gasteiger partial charge in [0.25, 0.3) is 20.2 Å². The normalized spacial score (nSPS) is 30.8. The lowest BCUT2D eigenvalue weighted by molar-refractivity contribution is -0.118. The zero-order valence-electron chi connectivity index (χ0n) is 34.5. The molecule has 4 aliphatic carbocycles. The molecule has 0 amide bonds. The van der Waals surface area contributed by atoms with Crippen molar-refractivity contribution in [2.75, 3.05) is 0 Å². The van der Waals surface area contributed by atoms with Crippen molar-refractivity contribution in [1.29, 1.82) is 0 Å². The monoisotopic (exact) mass is 810 g/mol. The molecule has 4 aromatic carbocycles. The molecule has 8 rings (SSSR count). The summed E-state index contributed by atoms with van der Waals surface area (Å²) in [5.74, 6) is 5.95. The Kier molecular flexibility index (Phi) is 10.9. The smallest absolute Gasteiger partial charge is 0.282 e. The Morgan fingerprint density at radius 1 is 0.702 bits per heavy atom. The Bertz CT molecular complexity index is 2300. The van der Waals surface area contributed by atoms with Crippen molar-refractivity contribution in [2.24, 2.45) is 58.2 Å². The van der Waals surface area contributed by atoms with E-state index >= 15 is 0 Å². The second-order valence-corrected chi connectivity index (χ2v) is 22.5. The summed E-state index contributed by atoms with van der Waals surface area (Å²) in [5, 5.41) is 3.16. The van der Waals surface area contributed by atoms with E-state index in [4.69, 9.17) is 0 Å². The molecule has 4 fully saturated rings. The lowest BCUT2D eigenvalue weighted by atomic mass is 9.44. The van der Waals surface area contributed by atoms with E-state index in [0.717, 1.165) is 75.8 Å². The molecule has 0 radical (unpaired) electrons. The first-order valence-electron chi connectivity index (χ1n) is 21.7. The summed E-state index contributed by atoms with van der Waals surface area (Å²) < 4.78 is 68.1. The summed E-state index contributed by atoms with van der Waals surface area (Å²) in [4.78, 5) is -0.287. The van der Waals surface area contributed by atoms with Gasteiger partial charge >= 0.3 is 0 Å². The Labute approximate surface area is 341 Å². The zero-order chi connectivity index (χ0) is 40.5. The first kappa shape index (κ1) is 40.7. The molecule has 8 heteroatoms. The van der Waals surface area contributed by atoms with Crippen LogP contribution < -0.4 is 0 Å². The van der Waals surface area contributed by atoms with Gasteiger partial charge in [-0.05, 0) is 178 Å². The van der Waals surface area contributed by atoms with E-state index in [0.29, 0.717) is 33.4 Å². The van der Waals surface area contributed by atoms with Gasteiger partial charge in [-0.3, -0.25) is 9.11 Å². The third-order valence-corrected chi connectivity index (χ3v) is 17.9. The Morgan fingerprint density at radius 3 is 1.86 bits per heavy atom. The Morgan fingerprint density at radius 2 is 1.28 bits per heavy atom. The molecule has 4 saturated carbocycles. The minimum atomic E-state index is -4.38. The summed E-state index contributed by atoms with van der Waals surface area (Å²) in [7, 11) is -8.76. The van der Waals surface area contributed by atoms with Crippen molar-refractivity contribution < 1.29 is 25.9 Å². The molecule has 0 bridgehead atoms. The van der Waals surface area contributed by atoms with Crippen LogP contribution in [0.5, 0.6) is 0 Å². The van der Waals surface area contributed by atoms with Crippen LogP contribution in [0.3, 0.4) is 0 Å². The highest BCUT2D eigenvalue weighted by Crippen LogP contribution is 2.69. The topological polar surface area (TPSA) is 109 Å². The number of fused-ring (bicyclic) bond motifs is 7. The van der Waals surface area contributed by atoms with E-state index < -0.39 is 20.2 Å². The first-order chi connectivity index (χ1) is 27.0. The molecule has 4 aromatic rings. The molecule has 9 atom stereocenters. The second kappa shape index (κ2) is 15.2. The van der Waals surface area contributed by atoms with Crippen LogP contribution >= 0.6 is 0 Å². The summed E-state index contributed by atoms with van der Waals surface area (Å²) in [6, 6.07) is 21.2. The maximum absolute atomic E-state index is 12.1. The lowest BCUT2D eigenvalue weighted by Crippen LogP contribution is -2.53. The van der Waals surface area contributed by atoms with Crippen LogP contribution in [0.25, 0.3) is 27.1 Å². The van der Waals surface area contributed by atoms with Crippen molar-refractivity contribution in [2.45, 2.75) is 121 Å². The van der Waals surface area contributed by atoms with Gasteiger partial charge in [0.05, 0.1) is 9.79 Å². The molecule has 0 heterocycles. The van der Waals surface area contributed by atoms with E-state index in [1.165, 1.54) is 88.5 Å². The van der Waals surface area contributed by atoms with Gasteiger partial charge in [0.2, 0.25) is 0 Å². The molecule has 0 aromatic heterocycles. The van der Waals surface area contributed by atoms with Gasteiger partial charge in [-0.1, -0.05) is 108 Å². The number of rotatable bonds is 10. The number of benzene rings is 4. The number of hydrogen-bond donors (Lipinski definition) is 2. The summed E-state index contributed by atoms with van der Waals surface area (Å²) in [6.45, 7) is 12.6. The van der Waals surface area contributed by atoms with Gasteiger partial charge < -0.3 is 0 Å². The average Bonchev–Trinajstić information content (AvgIpc) is 3.52. The molecule has 57 heavy (non-hydrogen) atoms. The van der Waals surface area contributed by atoms with E-state index in [-0.39, 0.29) is 9.79 Å². The van der Waals surface area contributed by atoms with Crippen LogP contribution in [-0.4, -0.2) is 25.9 Å². The fraction of sp³-hybridized carbons (Fsp3) is 0.551. The molecular formula is C49H62O6S2. The van der Waals surface area contributed by atoms with Crippen molar-refractivity contribution in [1.82, 2.24) is 0 Å². The van der Waals surface area contributed by atoms with Gasteiger partial charge in [0.15, 0.2) is 0 Å². The predicted molar refractivity (Wildman–Crippen MR) is 231 cm³/mol. The lowest BCUT2D eigenvalue weighted by Gasteiger charge is -2.61. The van der Waals surface area contributed by atoms with Crippen LogP contribution in [0.1, 0.15) is 123 Å². The minimum Gasteiger partial charge on any atom is -0.282 e. The molecule has 0 saturated heterocycles. The van der Waals surface area contributed by atoms with Crippen molar-refractivity contribution in [3.05, 3.63) is 90.0 Å². The molecular weight excluding hydrogens is 749 g/mol. The quantitative estimate of drug-likeness (QED) is 0.154. The zero-order valence-corrected chi connectivity index (χ0v) is 36.1. The second-order valence-electron chi connectivity index (χ2n) is 19.6. The molecule has 4 aliphatic rings. The Hall–Kier alpha value is -3.04. The Balaban J connectivity index is 1.11. The van der Waals surface area contributed by atoms with Crippen LogP contribution in [0.2, 0.25) is 0 Å². The van der Waals surface area contributed by atoms with E-state index in [1.807, 2.05) is 24.3 Å². The SMILES string of the molecule is CC(C)CCC[C@@H](C)[C@H]1CC[C@H]2[C@@H]3CCC4CC(C=C(c5cccc6cc(S(=O)(=O)O)ccc56)c5cccc6cc(S(=O)(=O)O)ccc56)CC[C@]4(C)[C@H]3CC[C@]12C. The van der Waals surface area contributed by atoms with Crippen molar-refractivity contribution in [3.8, 4) is 0 Å². The maximum Gasteiger partial charge on any atom is 0.294 e. The molecule has 306 valence electrons. The maximum atomic E-state index is 12.1. The standard InChI is InChI=1S/C49H62O6S2/c1-31(2)9-6-10-32(3)45-21-22-46-43-18-15-36-27-33(23-25-48(36,4)47(43)24-26-49(45,46)5)28-44(41-13-7-11-34-29-37(56(50,51)52)16-19-39(34)41)42-14-8-12-35-30-38(57(53,54)55)17-20-40(35)42/h7-8,11-14,16-17,19-20,28-33,36,43,45-47H,6,9-10,15,18,21-27H2,1-5H3,(H,50,51,52)(H,53,54,55)/t32-,33?,36?,43+,45-,46+,47+,48+,49-/m1/s1. The van der Waals surface area contributed by atoms with Gasteiger partial charge in [-0.25, -0.2) is 0 Å². The number of hydrogen-bond acceptors (Lipinski definition) is 4. The van der Waals surface area contributed by atoms with Crippen LogP contribution in [0.15, 0.2) is 88.7 Å². The van der Waals surface area contributed by atoms with Gasteiger partial charge in [-0.2, -0.15) is 16.8 Å². The largest absolute Gasteiger partial charge is 0.294 e. The van der Waals surface area contributed by atoms with Crippen LogP contribution in [0.4, 0.5) is 0 Å². The molecule has 6 nitrogen and oxygen atoms in total. The van der Waals surface area contributed by atoms with E-state index in [2.05, 4.69) is 52.8 Å². The highest BCUT2D eigenvalue weighted by Gasteiger charge is 2.60. The minimum absolute atomic E-state index is 0.143. The molecule has 0 spiro atoms. The molecule has 2 N–H and O–H groups in total. The van der Waals surface area contributed by atoms with E-state index in [9.17, 15) is 25.9 Å². The van der Waals surface area contributed by atoms with Gasteiger partial charge in [0.1, 0.15) is 0 Å². The average molecular weight is 811 g/mol. The van der Waals surface area contributed by atoms with Gasteiger partial charge in [0, 0.05) is 0 Å². The fourth-order valence-electron chi connectivity index (χ4n) is 13.3. The third-order valence-electron chi connectivity index (χ3n) is 16.2. The highest BCUT2D eigenvalue weighted by atomic mass is 32.2. The van der Waals surface area contributed by atoms with Crippen molar-refractivity contribution >= 4 is 47.4 Å². The number of allylic oxidation sites excluding steroid dienone is 1. The van der Waals surface area contributed by atoms with Crippen molar-refractivity contribution in [3.63, 3.8) is 0 Å². The van der Waals surface area contributed by atoms with Gasteiger partial charge in [-0.15, -0.1) is 0 Å². The summed E-state index contributed by atoms with van der Waals surface area (Å²) in [6.07, 6.45) is 18.2. The summed E-state index contributed by atoms with van der Waals surface area (Å²) >= 11 is 0. The van der Waals surface area contributed by atoms with E-state index in [1.54, 1.807) is 12.1 Å². The van der Waals surface area contributed by atoms with Crippen LogP contribution in [-0.2, 0) is 20.2 Å². The fourth-order valence-corrected chi connectivity index (χ4v) is 14.4.